The maximum absolute atomic E-state index is 13.1. The summed E-state index contributed by atoms with van der Waals surface area (Å²) in [5.74, 6) is -1.10. The minimum Gasteiger partial charge on any atom is -0.501 e. The molecule has 0 radical (unpaired) electrons. The van der Waals surface area contributed by atoms with Crippen LogP contribution in [0.1, 0.15) is 60.3 Å². The van der Waals surface area contributed by atoms with E-state index in [1.54, 1.807) is 6.92 Å². The highest BCUT2D eigenvalue weighted by Gasteiger charge is 2.24. The van der Waals surface area contributed by atoms with Gasteiger partial charge in [-0.25, -0.2) is 0 Å². The quantitative estimate of drug-likeness (QED) is 0.0938. The highest BCUT2D eigenvalue weighted by molar-refractivity contribution is 5.97. The number of allylic oxidation sites excluding steroid dienone is 3. The molecule has 0 aromatic carbocycles. The lowest BCUT2D eigenvalue weighted by molar-refractivity contribution is -0.163. The molecule has 3 amide bonds. The Morgan fingerprint density at radius 3 is 1.95 bits per heavy atom. The number of hydroxylamine groups is 2. The Balaban J connectivity index is 0. The first-order valence-corrected chi connectivity index (χ1v) is 12.3. The summed E-state index contributed by atoms with van der Waals surface area (Å²) < 4.78 is 10.4. The average molecular weight is 532 g/mol. The lowest BCUT2D eigenvalue weighted by Gasteiger charge is -2.25. The third-order valence-corrected chi connectivity index (χ3v) is 4.98. The van der Waals surface area contributed by atoms with E-state index in [4.69, 9.17) is 20.0 Å². The number of hydrogen-bond donors (Lipinski definition) is 2. The molecule has 0 spiro atoms. The van der Waals surface area contributed by atoms with E-state index in [0.717, 1.165) is 10.6 Å². The topological polar surface area (TPSA) is 120 Å². The SMILES string of the molecule is C=CCN(OC(=C(/C)OC)/C(C=C)=C(/NC(C)=O)C(=C)C(N)=O)C(=O)/C=C(/CC)CC(=C)OC.CCCC. The minimum atomic E-state index is -0.870. The van der Waals surface area contributed by atoms with E-state index in [1.165, 1.54) is 52.2 Å². The van der Waals surface area contributed by atoms with Gasteiger partial charge in [-0.15, -0.1) is 6.58 Å². The number of hydrogen-bond acceptors (Lipinski definition) is 6. The van der Waals surface area contributed by atoms with Crippen LogP contribution in [0, 0.1) is 0 Å². The molecule has 9 heteroatoms. The number of ether oxygens (including phenoxy) is 2. The van der Waals surface area contributed by atoms with E-state index >= 15 is 0 Å². The summed E-state index contributed by atoms with van der Waals surface area (Å²) in [6, 6.07) is 0. The average Bonchev–Trinajstić information content (AvgIpc) is 2.89. The fraction of sp³-hybridized carbons (Fsp3) is 0.414. The predicted molar refractivity (Wildman–Crippen MR) is 152 cm³/mol. The largest absolute Gasteiger partial charge is 0.501 e. The molecule has 0 atom stereocenters. The van der Waals surface area contributed by atoms with Crippen molar-refractivity contribution in [2.75, 3.05) is 20.8 Å². The number of carbonyl (C=O) groups is 3. The number of primary amides is 1. The fourth-order valence-corrected chi connectivity index (χ4v) is 2.56. The standard InChI is InChI=1S/C25H35N3O6.C4H10/c1-10-13-28(22(30)15-20(11-2)14-16(4)32-8)34-24(18(6)33-9)21(12-3)23(27-19(7)29)17(5)25(26)31;1-3-4-2/h10,12,15H,1,3-5,11,13-14H2,2,6-9H3,(H2,26,31)(H,27,29);3-4H2,1-2H3/b20-15-,23-21+,24-18-;. The van der Waals surface area contributed by atoms with Crippen molar-refractivity contribution in [3.05, 3.63) is 84.2 Å². The summed E-state index contributed by atoms with van der Waals surface area (Å²) in [5, 5.41) is 3.56. The zero-order valence-electron chi connectivity index (χ0n) is 24.1. The minimum absolute atomic E-state index is 0.00611. The molecule has 0 saturated carbocycles. The van der Waals surface area contributed by atoms with Gasteiger partial charge in [-0.3, -0.25) is 14.4 Å². The summed E-state index contributed by atoms with van der Waals surface area (Å²) >= 11 is 0. The Bertz CT molecular complexity index is 971. The second-order valence-corrected chi connectivity index (χ2v) is 7.96. The van der Waals surface area contributed by atoms with Crippen LogP contribution in [0.2, 0.25) is 0 Å². The molecule has 38 heavy (non-hydrogen) atoms. The number of amides is 3. The fourth-order valence-electron chi connectivity index (χ4n) is 2.56. The van der Waals surface area contributed by atoms with Crippen LogP contribution in [-0.4, -0.2) is 43.5 Å². The molecule has 0 aliphatic rings. The Labute approximate surface area is 228 Å². The van der Waals surface area contributed by atoms with Crippen molar-refractivity contribution in [1.29, 1.82) is 0 Å². The molecule has 0 rings (SSSR count). The molecule has 0 fully saturated rings. The van der Waals surface area contributed by atoms with Crippen molar-refractivity contribution < 1.29 is 28.7 Å². The molecule has 0 saturated heterocycles. The first-order valence-electron chi connectivity index (χ1n) is 12.3. The number of carbonyl (C=O) groups excluding carboxylic acids is 3. The lowest BCUT2D eigenvalue weighted by atomic mass is 10.0. The molecule has 0 aromatic heterocycles. The Morgan fingerprint density at radius 2 is 1.58 bits per heavy atom. The van der Waals surface area contributed by atoms with Crippen LogP contribution in [0.25, 0.3) is 0 Å². The van der Waals surface area contributed by atoms with Crippen molar-refractivity contribution >= 4 is 17.7 Å². The van der Waals surface area contributed by atoms with Crippen molar-refractivity contribution in [3.63, 3.8) is 0 Å². The van der Waals surface area contributed by atoms with Gasteiger partial charge in [0.1, 0.15) is 5.76 Å². The molecule has 0 aromatic rings. The zero-order valence-corrected chi connectivity index (χ0v) is 24.1. The number of unbranched alkanes of at least 4 members (excludes halogenated alkanes) is 1. The van der Waals surface area contributed by atoms with Crippen LogP contribution in [0.4, 0.5) is 0 Å². The smallest absolute Gasteiger partial charge is 0.279 e. The molecule has 0 aliphatic heterocycles. The van der Waals surface area contributed by atoms with Crippen LogP contribution in [0.3, 0.4) is 0 Å². The van der Waals surface area contributed by atoms with Crippen molar-refractivity contribution in [1.82, 2.24) is 10.4 Å². The van der Waals surface area contributed by atoms with Gasteiger partial charge in [0.25, 0.3) is 5.91 Å². The van der Waals surface area contributed by atoms with E-state index in [2.05, 4.69) is 45.5 Å². The van der Waals surface area contributed by atoms with Crippen LogP contribution >= 0.6 is 0 Å². The first-order chi connectivity index (χ1) is 17.9. The Hall–Kier alpha value is -4.01. The maximum Gasteiger partial charge on any atom is 0.279 e. The monoisotopic (exact) mass is 531 g/mol. The van der Waals surface area contributed by atoms with Crippen LogP contribution in [-0.2, 0) is 28.7 Å². The van der Waals surface area contributed by atoms with E-state index in [1.807, 2.05) is 6.92 Å². The van der Waals surface area contributed by atoms with Crippen molar-refractivity contribution in [2.24, 2.45) is 5.73 Å². The van der Waals surface area contributed by atoms with Crippen LogP contribution < -0.4 is 11.1 Å². The van der Waals surface area contributed by atoms with Gasteiger partial charge in [-0.05, 0) is 13.3 Å². The van der Waals surface area contributed by atoms with Crippen LogP contribution in [0.5, 0.6) is 0 Å². The van der Waals surface area contributed by atoms with Crippen molar-refractivity contribution in [2.45, 2.75) is 60.3 Å². The summed E-state index contributed by atoms with van der Waals surface area (Å²) in [6.45, 7) is 23.9. The Kier molecular flexibility index (Phi) is 19.1. The van der Waals surface area contributed by atoms with E-state index < -0.39 is 17.7 Å². The van der Waals surface area contributed by atoms with E-state index in [-0.39, 0.29) is 34.9 Å². The summed E-state index contributed by atoms with van der Waals surface area (Å²) in [7, 11) is 2.90. The normalized spacial score (nSPS) is 11.8. The third-order valence-electron chi connectivity index (χ3n) is 4.98. The molecule has 0 heterocycles. The number of nitrogens with one attached hydrogen (secondary N) is 1. The molecule has 0 unspecified atom stereocenters. The molecule has 3 N–H and O–H groups in total. The summed E-state index contributed by atoms with van der Waals surface area (Å²) in [6.07, 6.45) is 7.81. The first kappa shape index (κ1) is 36.1. The van der Waals surface area contributed by atoms with Gasteiger partial charge in [0, 0.05) is 25.0 Å². The number of methoxy groups -OCH3 is 2. The third kappa shape index (κ3) is 13.3. The molecule has 9 nitrogen and oxygen atoms in total. The second kappa shape index (κ2) is 20.1. The van der Waals surface area contributed by atoms with Gasteiger partial charge in [0.05, 0.1) is 37.8 Å². The molecule has 0 bridgehead atoms. The van der Waals surface area contributed by atoms with E-state index in [9.17, 15) is 14.4 Å². The summed E-state index contributed by atoms with van der Waals surface area (Å²) in [5.41, 5.74) is 6.06. The van der Waals surface area contributed by atoms with Gasteiger partial charge >= 0.3 is 0 Å². The highest BCUT2D eigenvalue weighted by Crippen LogP contribution is 2.26. The number of rotatable bonds is 16. The molecular weight excluding hydrogens is 486 g/mol. The Morgan fingerprint density at radius 1 is 1.00 bits per heavy atom. The molecule has 212 valence electrons. The highest BCUT2D eigenvalue weighted by atomic mass is 16.7. The van der Waals surface area contributed by atoms with Gasteiger partial charge in [-0.2, -0.15) is 5.06 Å². The van der Waals surface area contributed by atoms with Crippen molar-refractivity contribution in [3.8, 4) is 0 Å². The second-order valence-electron chi connectivity index (χ2n) is 7.96. The summed E-state index contributed by atoms with van der Waals surface area (Å²) in [4.78, 5) is 42.6. The molecule has 0 aliphatic carbocycles. The maximum atomic E-state index is 13.1. The zero-order chi connectivity index (χ0) is 29.8. The van der Waals surface area contributed by atoms with Gasteiger partial charge in [0.15, 0.2) is 0 Å². The molecular formula is C29H45N3O6. The van der Waals surface area contributed by atoms with Gasteiger partial charge in [-0.1, -0.05) is 71.1 Å². The van der Waals surface area contributed by atoms with E-state index in [0.29, 0.717) is 18.6 Å². The predicted octanol–water partition coefficient (Wildman–Crippen LogP) is 5.12. The van der Waals surface area contributed by atoms with Gasteiger partial charge in [0.2, 0.25) is 17.6 Å². The van der Waals surface area contributed by atoms with Gasteiger partial charge < -0.3 is 25.4 Å². The van der Waals surface area contributed by atoms with Crippen LogP contribution in [0.15, 0.2) is 84.2 Å². The number of nitrogens with zero attached hydrogens (tertiary/aromatic N) is 1. The lowest BCUT2D eigenvalue weighted by Crippen LogP contribution is -2.32. The number of nitrogens with two attached hydrogens (primary N) is 1.